The second-order valence-corrected chi connectivity index (χ2v) is 6.99. The molecule has 1 aromatic carbocycles. The Morgan fingerprint density at radius 1 is 1.20 bits per heavy atom. The van der Waals surface area contributed by atoms with Gasteiger partial charge in [0.05, 0.1) is 25.3 Å². The van der Waals surface area contributed by atoms with Crippen molar-refractivity contribution in [2.45, 2.75) is 50.4 Å². The third kappa shape index (κ3) is 3.10. The van der Waals surface area contributed by atoms with Crippen molar-refractivity contribution in [3.05, 3.63) is 47.7 Å². The second kappa shape index (κ2) is 6.65. The lowest BCUT2D eigenvalue weighted by molar-refractivity contribution is 0.0276. The molecule has 1 aromatic heterocycles. The number of carbonyl (C=O) groups excluding carboxylic acids is 1. The van der Waals surface area contributed by atoms with E-state index in [1.54, 1.807) is 6.07 Å². The molecule has 0 saturated carbocycles. The smallest absolute Gasteiger partial charge is 0.338 e. The molecule has 2 aliphatic heterocycles. The van der Waals surface area contributed by atoms with Gasteiger partial charge in [-0.2, -0.15) is 0 Å². The number of aliphatic hydroxyl groups is 1. The van der Waals surface area contributed by atoms with Crippen molar-refractivity contribution in [3.63, 3.8) is 0 Å². The van der Waals surface area contributed by atoms with E-state index in [0.717, 1.165) is 43.6 Å². The highest BCUT2D eigenvalue weighted by molar-refractivity contribution is 5.96. The molecule has 1 N–H and O–H groups in total. The van der Waals surface area contributed by atoms with Crippen LogP contribution in [-0.4, -0.2) is 41.3 Å². The zero-order valence-corrected chi connectivity index (χ0v) is 14.4. The zero-order chi connectivity index (χ0) is 17.4. The van der Waals surface area contributed by atoms with Gasteiger partial charge in [-0.05, 0) is 43.9 Å². The van der Waals surface area contributed by atoms with Gasteiger partial charge in [0.15, 0.2) is 0 Å². The van der Waals surface area contributed by atoms with Crippen molar-refractivity contribution in [3.8, 4) is 11.3 Å². The molecule has 3 heterocycles. The molecule has 0 amide bonds. The molecule has 0 aliphatic carbocycles. The van der Waals surface area contributed by atoms with Crippen LogP contribution in [0.3, 0.4) is 0 Å². The molecule has 2 saturated heterocycles. The average molecular weight is 341 g/mol. The summed E-state index contributed by atoms with van der Waals surface area (Å²) in [6.07, 6.45) is 3.86. The van der Waals surface area contributed by atoms with E-state index in [4.69, 9.17) is 9.15 Å². The van der Waals surface area contributed by atoms with Crippen molar-refractivity contribution in [1.29, 1.82) is 0 Å². The molecule has 0 spiro atoms. The van der Waals surface area contributed by atoms with Gasteiger partial charge in [0.2, 0.25) is 0 Å². The van der Waals surface area contributed by atoms with Crippen molar-refractivity contribution in [1.82, 2.24) is 4.90 Å². The quantitative estimate of drug-likeness (QED) is 0.865. The van der Waals surface area contributed by atoms with Crippen molar-refractivity contribution in [2.75, 3.05) is 7.11 Å². The first-order chi connectivity index (χ1) is 12.2. The number of methoxy groups -OCH3 is 1. The van der Waals surface area contributed by atoms with Crippen LogP contribution in [0.1, 0.15) is 41.8 Å². The molecule has 2 bridgehead atoms. The molecule has 2 fully saturated rings. The van der Waals surface area contributed by atoms with Crippen LogP contribution in [0.2, 0.25) is 0 Å². The Labute approximate surface area is 147 Å². The summed E-state index contributed by atoms with van der Waals surface area (Å²) in [5.41, 5.74) is 1.25. The topological polar surface area (TPSA) is 62.9 Å². The van der Waals surface area contributed by atoms with Crippen LogP contribution < -0.4 is 0 Å². The maximum Gasteiger partial charge on any atom is 0.338 e. The van der Waals surface area contributed by atoms with Crippen molar-refractivity contribution >= 4 is 5.97 Å². The Morgan fingerprint density at radius 3 is 2.64 bits per heavy atom. The third-order valence-corrected chi connectivity index (χ3v) is 5.46. The molecule has 5 nitrogen and oxygen atoms in total. The van der Waals surface area contributed by atoms with E-state index < -0.39 is 0 Å². The standard InChI is InChI=1S/C20H23NO4/c1-24-20(23)18-5-3-2-4-17(18)19-9-8-16(25-19)12-21-13-6-7-14(21)11-15(22)10-13/h2-5,8-9,13-15,22H,6-7,10-12H2,1H3. The minimum absolute atomic E-state index is 0.159. The van der Waals surface area contributed by atoms with Crippen LogP contribution in [0.5, 0.6) is 0 Å². The largest absolute Gasteiger partial charge is 0.465 e. The number of esters is 1. The van der Waals surface area contributed by atoms with Gasteiger partial charge in [-0.1, -0.05) is 18.2 Å². The third-order valence-electron chi connectivity index (χ3n) is 5.46. The first kappa shape index (κ1) is 16.4. The lowest BCUT2D eigenvalue weighted by Gasteiger charge is -2.36. The predicted molar refractivity (Wildman–Crippen MR) is 93.1 cm³/mol. The summed E-state index contributed by atoms with van der Waals surface area (Å²) in [5, 5.41) is 9.94. The Bertz CT molecular complexity index is 755. The summed E-state index contributed by atoms with van der Waals surface area (Å²) in [7, 11) is 1.38. The minimum Gasteiger partial charge on any atom is -0.465 e. The molecule has 2 aromatic rings. The SMILES string of the molecule is COC(=O)c1ccccc1-c1ccc(CN2C3CCC2CC(O)C3)o1. The Kier molecular flexibility index (Phi) is 4.36. The van der Waals surface area contributed by atoms with Gasteiger partial charge >= 0.3 is 5.97 Å². The molecule has 25 heavy (non-hydrogen) atoms. The molecule has 2 atom stereocenters. The van der Waals surface area contributed by atoms with Crippen LogP contribution in [-0.2, 0) is 11.3 Å². The van der Waals surface area contributed by atoms with Crippen molar-refractivity contribution < 1.29 is 19.1 Å². The molecule has 132 valence electrons. The van der Waals surface area contributed by atoms with Crippen LogP contribution in [0.25, 0.3) is 11.3 Å². The first-order valence-electron chi connectivity index (χ1n) is 8.86. The number of carbonyl (C=O) groups is 1. The summed E-state index contributed by atoms with van der Waals surface area (Å²) in [6.45, 7) is 0.752. The molecule has 2 unspecified atom stereocenters. The summed E-state index contributed by atoms with van der Waals surface area (Å²) >= 11 is 0. The number of hydrogen-bond acceptors (Lipinski definition) is 5. The molecule has 0 radical (unpaired) electrons. The molecule has 2 aliphatic rings. The Hall–Kier alpha value is -2.11. The Morgan fingerprint density at radius 2 is 1.92 bits per heavy atom. The van der Waals surface area contributed by atoms with Crippen LogP contribution >= 0.6 is 0 Å². The highest BCUT2D eigenvalue weighted by Gasteiger charge is 2.40. The number of piperidine rings is 1. The van der Waals surface area contributed by atoms with Gasteiger partial charge in [0.1, 0.15) is 11.5 Å². The van der Waals surface area contributed by atoms with Gasteiger partial charge in [-0.15, -0.1) is 0 Å². The van der Waals surface area contributed by atoms with E-state index in [1.807, 2.05) is 30.3 Å². The van der Waals surface area contributed by atoms with Crippen LogP contribution in [0, 0.1) is 0 Å². The number of ether oxygens (including phenoxy) is 1. The van der Waals surface area contributed by atoms with Gasteiger partial charge in [-0.25, -0.2) is 4.79 Å². The lowest BCUT2D eigenvalue weighted by atomic mass is 10.00. The Balaban J connectivity index is 1.55. The lowest BCUT2D eigenvalue weighted by Crippen LogP contribution is -2.43. The highest BCUT2D eigenvalue weighted by Crippen LogP contribution is 2.37. The molecule has 5 heteroatoms. The van der Waals surface area contributed by atoms with Crippen LogP contribution in [0.4, 0.5) is 0 Å². The van der Waals surface area contributed by atoms with E-state index in [-0.39, 0.29) is 12.1 Å². The van der Waals surface area contributed by atoms with Crippen molar-refractivity contribution in [2.24, 2.45) is 0 Å². The fourth-order valence-electron chi connectivity index (χ4n) is 4.28. The second-order valence-electron chi connectivity index (χ2n) is 6.99. The van der Waals surface area contributed by atoms with E-state index in [1.165, 1.54) is 7.11 Å². The monoisotopic (exact) mass is 341 g/mol. The fraction of sp³-hybridized carbons (Fsp3) is 0.450. The number of benzene rings is 1. The fourth-order valence-corrected chi connectivity index (χ4v) is 4.28. The maximum atomic E-state index is 12.0. The average Bonchev–Trinajstić information content (AvgIpc) is 3.18. The maximum absolute atomic E-state index is 12.0. The predicted octanol–water partition coefficient (Wildman–Crippen LogP) is 3.22. The summed E-state index contributed by atoms with van der Waals surface area (Å²) < 4.78 is 10.9. The van der Waals surface area contributed by atoms with Gasteiger partial charge in [0.25, 0.3) is 0 Å². The van der Waals surface area contributed by atoms with Crippen LogP contribution in [0.15, 0.2) is 40.8 Å². The van der Waals surface area contributed by atoms with Gasteiger partial charge < -0.3 is 14.3 Å². The number of aliphatic hydroxyl groups excluding tert-OH is 1. The minimum atomic E-state index is -0.364. The highest BCUT2D eigenvalue weighted by atomic mass is 16.5. The first-order valence-corrected chi connectivity index (χ1v) is 8.86. The zero-order valence-electron chi connectivity index (χ0n) is 14.4. The van der Waals surface area contributed by atoms with E-state index >= 15 is 0 Å². The summed E-state index contributed by atoms with van der Waals surface area (Å²) in [4.78, 5) is 14.4. The van der Waals surface area contributed by atoms with E-state index in [9.17, 15) is 9.90 Å². The number of fused-ring (bicyclic) bond motifs is 2. The van der Waals surface area contributed by atoms with E-state index in [0.29, 0.717) is 23.4 Å². The number of hydrogen-bond donors (Lipinski definition) is 1. The molecule has 4 rings (SSSR count). The number of furan rings is 1. The van der Waals surface area contributed by atoms with E-state index in [2.05, 4.69) is 4.90 Å². The van der Waals surface area contributed by atoms with Gasteiger partial charge in [-0.3, -0.25) is 4.90 Å². The summed E-state index contributed by atoms with van der Waals surface area (Å²) in [6, 6.07) is 12.1. The number of nitrogens with zero attached hydrogens (tertiary/aromatic N) is 1. The number of rotatable bonds is 4. The molecular weight excluding hydrogens is 318 g/mol. The molecular formula is C20H23NO4. The summed E-state index contributed by atoms with van der Waals surface area (Å²) in [5.74, 6) is 1.21. The van der Waals surface area contributed by atoms with Gasteiger partial charge in [0, 0.05) is 17.6 Å². The normalized spacial score (nSPS) is 25.9.